The zero-order valence-electron chi connectivity index (χ0n) is 19.7. The van der Waals surface area contributed by atoms with Gasteiger partial charge in [0, 0.05) is 33.4 Å². The van der Waals surface area contributed by atoms with Gasteiger partial charge in [0.25, 0.3) is 0 Å². The average molecular weight is 469 g/mol. The van der Waals surface area contributed by atoms with Gasteiger partial charge in [0.05, 0.1) is 0 Å². The first kappa shape index (κ1) is 24.2. The van der Waals surface area contributed by atoms with Crippen molar-refractivity contribution >= 4 is 35.6 Å². The maximum Gasteiger partial charge on any atom is 0.194 e. The van der Waals surface area contributed by atoms with Crippen molar-refractivity contribution in [3.05, 3.63) is 161 Å². The number of hydrogen-bond acceptors (Lipinski definition) is 3. The molecule has 3 heteroatoms. The fourth-order valence-electron chi connectivity index (χ4n) is 4.35. The van der Waals surface area contributed by atoms with Crippen LogP contribution < -0.4 is 0 Å². The van der Waals surface area contributed by atoms with E-state index in [1.165, 1.54) is 18.2 Å². The highest BCUT2D eigenvalue weighted by Crippen LogP contribution is 2.35. The summed E-state index contributed by atoms with van der Waals surface area (Å²) < 4.78 is 0. The Kier molecular flexibility index (Phi) is 7.12. The summed E-state index contributed by atoms with van der Waals surface area (Å²) in [6.07, 6.45) is 4.50. The fraction of sp³-hybridized carbons (Fsp3) is 0. The van der Waals surface area contributed by atoms with E-state index in [2.05, 4.69) is 19.7 Å². The van der Waals surface area contributed by atoms with Crippen LogP contribution in [0.5, 0.6) is 0 Å². The van der Waals surface area contributed by atoms with Gasteiger partial charge in [0.15, 0.2) is 17.3 Å². The quantitative estimate of drug-likeness (QED) is 0.242. The highest BCUT2D eigenvalue weighted by Gasteiger charge is 2.31. The first-order valence-corrected chi connectivity index (χ1v) is 11.4. The number of carbonyl (C=O) groups is 3. The third kappa shape index (κ3) is 4.30. The lowest BCUT2D eigenvalue weighted by atomic mass is 9.79. The normalized spacial score (nSPS) is 10.3. The van der Waals surface area contributed by atoms with Gasteiger partial charge in [0.1, 0.15) is 0 Å². The first-order valence-electron chi connectivity index (χ1n) is 11.4. The van der Waals surface area contributed by atoms with Gasteiger partial charge in [-0.15, -0.1) is 0 Å². The smallest absolute Gasteiger partial charge is 0.194 e. The van der Waals surface area contributed by atoms with E-state index in [0.29, 0.717) is 27.8 Å². The van der Waals surface area contributed by atoms with Crippen LogP contribution in [-0.4, -0.2) is 17.3 Å². The second-order valence-corrected chi connectivity index (χ2v) is 8.06. The molecule has 4 aromatic rings. The molecule has 0 spiro atoms. The molecule has 0 N–H and O–H groups in total. The summed E-state index contributed by atoms with van der Waals surface area (Å²) in [5, 5.41) is 0. The molecule has 0 amide bonds. The van der Waals surface area contributed by atoms with Crippen molar-refractivity contribution in [3.63, 3.8) is 0 Å². The first-order chi connectivity index (χ1) is 17.5. The van der Waals surface area contributed by atoms with E-state index < -0.39 is 0 Å². The molecule has 4 aromatic carbocycles. The highest BCUT2D eigenvalue weighted by atomic mass is 16.1. The Balaban J connectivity index is 2.16. The molecule has 0 bridgehead atoms. The van der Waals surface area contributed by atoms with Crippen molar-refractivity contribution in [1.82, 2.24) is 0 Å². The van der Waals surface area contributed by atoms with Gasteiger partial charge < -0.3 is 0 Å². The number of carbonyl (C=O) groups excluding carboxylic acids is 3. The summed E-state index contributed by atoms with van der Waals surface area (Å²) in [7, 11) is 0. The monoisotopic (exact) mass is 468 g/mol. The third-order valence-corrected chi connectivity index (χ3v) is 6.02. The van der Waals surface area contributed by atoms with Crippen molar-refractivity contribution in [1.29, 1.82) is 0 Å². The molecule has 0 fully saturated rings. The van der Waals surface area contributed by atoms with Gasteiger partial charge in [-0.25, -0.2) is 0 Å². The molecule has 0 aliphatic rings. The van der Waals surface area contributed by atoms with E-state index in [0.717, 1.165) is 0 Å². The topological polar surface area (TPSA) is 51.2 Å². The highest BCUT2D eigenvalue weighted by molar-refractivity contribution is 6.26. The second-order valence-electron chi connectivity index (χ2n) is 8.06. The molecule has 0 aromatic heterocycles. The molecular weight excluding hydrogens is 444 g/mol. The Morgan fingerprint density at radius 3 is 1.03 bits per heavy atom. The van der Waals surface area contributed by atoms with E-state index in [1.807, 2.05) is 18.2 Å². The summed E-state index contributed by atoms with van der Waals surface area (Å²) in [4.78, 5) is 41.7. The average Bonchev–Trinajstić information content (AvgIpc) is 2.95. The maximum atomic E-state index is 14.0. The Labute approximate surface area is 210 Å². The minimum atomic E-state index is -0.384. The fourth-order valence-corrected chi connectivity index (χ4v) is 4.35. The molecule has 0 unspecified atom stereocenters. The molecule has 3 nitrogen and oxygen atoms in total. The molecule has 0 saturated heterocycles. The van der Waals surface area contributed by atoms with Crippen LogP contribution in [0.1, 0.15) is 64.5 Å². The lowest BCUT2D eigenvalue weighted by Gasteiger charge is -2.22. The van der Waals surface area contributed by atoms with E-state index in [4.69, 9.17) is 0 Å². The molecule has 0 aliphatic heterocycles. The summed E-state index contributed by atoms with van der Waals surface area (Å²) in [6, 6.07) is 26.2. The predicted octanol–water partition coefficient (Wildman–Crippen LogP) is 7.31. The largest absolute Gasteiger partial charge is 0.289 e. The number of rotatable bonds is 9. The van der Waals surface area contributed by atoms with Crippen molar-refractivity contribution in [2.24, 2.45) is 0 Å². The third-order valence-electron chi connectivity index (χ3n) is 6.02. The van der Waals surface area contributed by atoms with Gasteiger partial charge in [-0.05, 0) is 16.7 Å². The zero-order valence-corrected chi connectivity index (χ0v) is 19.7. The van der Waals surface area contributed by atoms with Crippen LogP contribution >= 0.6 is 0 Å². The molecule has 174 valence electrons. The van der Waals surface area contributed by atoms with Gasteiger partial charge in [-0.1, -0.05) is 129 Å². The van der Waals surface area contributed by atoms with Gasteiger partial charge >= 0.3 is 0 Å². The van der Waals surface area contributed by atoms with E-state index in [1.54, 1.807) is 72.8 Å². The zero-order chi connectivity index (χ0) is 25.7. The number of benzene rings is 4. The Bertz CT molecular complexity index is 1500. The molecule has 0 radical (unpaired) electrons. The van der Waals surface area contributed by atoms with E-state index in [9.17, 15) is 14.4 Å². The second kappa shape index (κ2) is 10.6. The predicted molar refractivity (Wildman–Crippen MR) is 146 cm³/mol. The molecule has 0 atom stereocenters. The molecule has 36 heavy (non-hydrogen) atoms. The van der Waals surface area contributed by atoms with Crippen molar-refractivity contribution in [2.75, 3.05) is 0 Å². The Morgan fingerprint density at radius 2 is 0.694 bits per heavy atom. The van der Waals surface area contributed by atoms with E-state index in [-0.39, 0.29) is 39.6 Å². The Morgan fingerprint density at radius 1 is 0.417 bits per heavy atom. The molecule has 0 heterocycles. The van der Waals surface area contributed by atoms with Crippen LogP contribution in [0.25, 0.3) is 18.2 Å². The van der Waals surface area contributed by atoms with Gasteiger partial charge in [-0.2, -0.15) is 0 Å². The molecule has 0 saturated carbocycles. The summed E-state index contributed by atoms with van der Waals surface area (Å²) in [6.45, 7) is 11.8. The molecular formula is C33H24O3. The maximum absolute atomic E-state index is 14.0. The van der Waals surface area contributed by atoms with Crippen LogP contribution in [0.3, 0.4) is 0 Å². The van der Waals surface area contributed by atoms with Crippen molar-refractivity contribution < 1.29 is 14.4 Å². The van der Waals surface area contributed by atoms with Crippen LogP contribution in [0.2, 0.25) is 0 Å². The lowest BCUT2D eigenvalue weighted by Crippen LogP contribution is -2.20. The SMILES string of the molecule is C=Cc1c(C=C)c(C(=O)c2ccccc2)c(C(=O)c2ccccc2)c(C=C)c1C(=O)c1ccccc1. The van der Waals surface area contributed by atoms with Gasteiger partial charge in [0.2, 0.25) is 0 Å². The van der Waals surface area contributed by atoms with Crippen LogP contribution in [0, 0.1) is 0 Å². The van der Waals surface area contributed by atoms with Crippen LogP contribution in [0.4, 0.5) is 0 Å². The molecule has 4 rings (SSSR count). The standard InChI is InChI=1S/C33H24O3/c1-4-25-26(5-2)29(32(35)23-18-12-8-13-19-23)30(33(36)24-20-14-9-15-21-24)27(6-3)28(25)31(34)22-16-10-7-11-17-22/h4-21H,1-3H2. The van der Waals surface area contributed by atoms with Crippen LogP contribution in [-0.2, 0) is 0 Å². The lowest BCUT2D eigenvalue weighted by molar-refractivity contribution is 0.100. The molecule has 0 aliphatic carbocycles. The van der Waals surface area contributed by atoms with E-state index >= 15 is 0 Å². The van der Waals surface area contributed by atoms with Crippen molar-refractivity contribution in [2.45, 2.75) is 0 Å². The number of hydrogen-bond donors (Lipinski definition) is 0. The van der Waals surface area contributed by atoms with Gasteiger partial charge in [-0.3, -0.25) is 14.4 Å². The number of ketones is 3. The summed E-state index contributed by atoms with van der Waals surface area (Å²) >= 11 is 0. The summed E-state index contributed by atoms with van der Waals surface area (Å²) in [5.74, 6) is -1.04. The Hall–Kier alpha value is -4.89. The van der Waals surface area contributed by atoms with Crippen LogP contribution in [0.15, 0.2) is 111 Å². The minimum absolute atomic E-state index is 0.116. The summed E-state index contributed by atoms with van der Waals surface area (Å²) in [5.41, 5.74) is 2.88. The minimum Gasteiger partial charge on any atom is -0.289 e. The van der Waals surface area contributed by atoms with Crippen molar-refractivity contribution in [3.8, 4) is 0 Å².